The van der Waals surface area contributed by atoms with Crippen molar-refractivity contribution in [1.82, 2.24) is 0 Å². The lowest BCUT2D eigenvalue weighted by Gasteiger charge is -2.38. The molecule has 0 radical (unpaired) electrons. The van der Waals surface area contributed by atoms with E-state index in [9.17, 15) is 9.90 Å². The number of ether oxygens (including phenoxy) is 3. The summed E-state index contributed by atoms with van der Waals surface area (Å²) in [5.74, 6) is -4.12. The van der Waals surface area contributed by atoms with Gasteiger partial charge in [-0.15, -0.1) is 0 Å². The average Bonchev–Trinajstić information content (AvgIpc) is 2.60. The molecule has 7 heteroatoms. The van der Waals surface area contributed by atoms with Crippen LogP contribution in [0, 0.1) is 0 Å². The molecule has 2 aliphatic heterocycles. The second-order valence-electron chi connectivity index (χ2n) is 4.67. The number of Topliss-reactive ketones (excluding diaryl/α,β-unsaturated/α-hetero) is 1. The topological polar surface area (TPSA) is 105 Å². The van der Waals surface area contributed by atoms with Gasteiger partial charge in [0, 0.05) is 0 Å². The number of hydrogen-bond acceptors (Lipinski definition) is 7. The summed E-state index contributed by atoms with van der Waals surface area (Å²) in [7, 11) is 0. The van der Waals surface area contributed by atoms with E-state index in [2.05, 4.69) is 0 Å². The maximum Gasteiger partial charge on any atom is 0.253 e. The fraction of sp³-hybridized carbons (Fsp3) is 0.900. The van der Waals surface area contributed by atoms with E-state index in [4.69, 9.17) is 24.4 Å². The minimum atomic E-state index is -2.33. The van der Waals surface area contributed by atoms with Gasteiger partial charge in [-0.1, -0.05) is 0 Å². The molecule has 2 heterocycles. The summed E-state index contributed by atoms with van der Waals surface area (Å²) >= 11 is 0. The van der Waals surface area contributed by atoms with Crippen LogP contribution in [0.25, 0.3) is 0 Å². The largest absolute Gasteiger partial charge is 0.394 e. The van der Waals surface area contributed by atoms with Crippen molar-refractivity contribution in [2.24, 2.45) is 0 Å². The number of aliphatic hydroxyl groups is 3. The molecule has 0 saturated carbocycles. The average molecular weight is 248 g/mol. The van der Waals surface area contributed by atoms with Gasteiger partial charge in [-0.05, 0) is 13.8 Å². The summed E-state index contributed by atoms with van der Waals surface area (Å²) in [6.45, 7) is 1.89. The Bertz CT molecular complexity index is 329. The molecule has 7 nitrogen and oxygen atoms in total. The Morgan fingerprint density at radius 2 is 1.88 bits per heavy atom. The van der Waals surface area contributed by atoms with Gasteiger partial charge in [0.1, 0.15) is 18.8 Å². The van der Waals surface area contributed by atoms with Gasteiger partial charge in [0.2, 0.25) is 5.78 Å². The third-order valence-electron chi connectivity index (χ3n) is 2.88. The van der Waals surface area contributed by atoms with Crippen LogP contribution in [0.15, 0.2) is 0 Å². The van der Waals surface area contributed by atoms with E-state index in [1.807, 2.05) is 0 Å². The first-order valence-electron chi connectivity index (χ1n) is 5.35. The number of carbonyl (C=O) groups excluding carboxylic acids is 1. The lowest BCUT2D eigenvalue weighted by Crippen LogP contribution is -2.63. The summed E-state index contributed by atoms with van der Waals surface area (Å²) < 4.78 is 15.8. The maximum absolute atomic E-state index is 11.9. The number of ketones is 1. The zero-order valence-electron chi connectivity index (χ0n) is 9.62. The van der Waals surface area contributed by atoms with Crippen molar-refractivity contribution in [2.75, 3.05) is 13.2 Å². The number of aliphatic hydroxyl groups excluding tert-OH is 2. The molecule has 0 spiro atoms. The van der Waals surface area contributed by atoms with E-state index in [-0.39, 0.29) is 0 Å². The summed E-state index contributed by atoms with van der Waals surface area (Å²) in [6.07, 6.45) is -2.75. The molecule has 0 aromatic carbocycles. The van der Waals surface area contributed by atoms with E-state index in [0.29, 0.717) is 0 Å². The number of fused-ring (bicyclic) bond motifs is 1. The number of rotatable bonds is 2. The molecular weight excluding hydrogens is 232 g/mol. The minimum Gasteiger partial charge on any atom is -0.394 e. The molecule has 0 aromatic rings. The normalized spacial score (nSPS) is 44.8. The summed E-state index contributed by atoms with van der Waals surface area (Å²) in [5, 5.41) is 28.0. The summed E-state index contributed by atoms with van der Waals surface area (Å²) in [5.41, 5.74) is 0. The van der Waals surface area contributed by atoms with Crippen molar-refractivity contribution in [2.45, 2.75) is 43.7 Å². The minimum absolute atomic E-state index is 0.448. The summed E-state index contributed by atoms with van der Waals surface area (Å²) in [4.78, 5) is 11.9. The van der Waals surface area contributed by atoms with Gasteiger partial charge >= 0.3 is 0 Å². The zero-order chi connectivity index (χ0) is 12.8. The van der Waals surface area contributed by atoms with Crippen LogP contribution in [0.3, 0.4) is 0 Å². The van der Waals surface area contributed by atoms with Gasteiger partial charge < -0.3 is 29.5 Å². The van der Waals surface area contributed by atoms with Crippen LogP contribution in [0.1, 0.15) is 13.8 Å². The lowest BCUT2D eigenvalue weighted by molar-refractivity contribution is -0.275. The fourth-order valence-corrected chi connectivity index (χ4v) is 2.12. The standard InChI is InChI=1S/C10H16O7/c1-9(2)16-6-5(3-11)15-10(14,4-12)8(13)7(6)17-9/h5-7,11-12,14H,3-4H2,1-2H3/t5-,6-,7-,10-/m1/s1. The summed E-state index contributed by atoms with van der Waals surface area (Å²) in [6, 6.07) is 0. The number of carbonyl (C=O) groups is 1. The second kappa shape index (κ2) is 3.98. The van der Waals surface area contributed by atoms with Crippen molar-refractivity contribution in [1.29, 1.82) is 0 Å². The Labute approximate surface area is 97.9 Å². The van der Waals surface area contributed by atoms with E-state index >= 15 is 0 Å². The monoisotopic (exact) mass is 248 g/mol. The Hall–Kier alpha value is -0.570. The fourth-order valence-electron chi connectivity index (χ4n) is 2.12. The third kappa shape index (κ3) is 1.99. The Kier molecular flexibility index (Phi) is 3.01. The predicted octanol–water partition coefficient (Wildman–Crippen LogP) is -1.85. The van der Waals surface area contributed by atoms with E-state index in [0.717, 1.165) is 0 Å². The Morgan fingerprint density at radius 3 is 2.41 bits per heavy atom. The van der Waals surface area contributed by atoms with Crippen molar-refractivity contribution < 1.29 is 34.3 Å². The molecule has 0 bridgehead atoms. The SMILES string of the molecule is CC1(C)O[C@@H]2[C@@H](CO)O[C@](O)(CO)C(=O)[C@@H]2O1. The van der Waals surface area contributed by atoms with Gasteiger partial charge in [0.05, 0.1) is 6.61 Å². The van der Waals surface area contributed by atoms with Gasteiger partial charge in [0.25, 0.3) is 5.79 Å². The van der Waals surface area contributed by atoms with Gasteiger partial charge in [-0.25, -0.2) is 0 Å². The van der Waals surface area contributed by atoms with E-state index < -0.39 is 48.9 Å². The highest BCUT2D eigenvalue weighted by atomic mass is 16.8. The smallest absolute Gasteiger partial charge is 0.253 e. The van der Waals surface area contributed by atoms with Crippen LogP contribution >= 0.6 is 0 Å². The first-order valence-corrected chi connectivity index (χ1v) is 5.35. The highest BCUT2D eigenvalue weighted by Crippen LogP contribution is 2.37. The zero-order valence-corrected chi connectivity index (χ0v) is 9.62. The quantitative estimate of drug-likeness (QED) is 0.526. The van der Waals surface area contributed by atoms with Crippen LogP contribution in [0.2, 0.25) is 0 Å². The predicted molar refractivity (Wildman–Crippen MR) is 52.8 cm³/mol. The molecule has 2 fully saturated rings. The second-order valence-corrected chi connectivity index (χ2v) is 4.67. The van der Waals surface area contributed by atoms with Crippen molar-refractivity contribution in [3.8, 4) is 0 Å². The lowest BCUT2D eigenvalue weighted by atomic mass is 9.95. The highest BCUT2D eigenvalue weighted by molar-refractivity contribution is 5.91. The molecule has 98 valence electrons. The van der Waals surface area contributed by atoms with Gasteiger partial charge in [-0.2, -0.15) is 0 Å². The van der Waals surface area contributed by atoms with Crippen LogP contribution < -0.4 is 0 Å². The Balaban J connectivity index is 2.30. The molecular formula is C10H16O7. The van der Waals surface area contributed by atoms with E-state index in [1.54, 1.807) is 13.8 Å². The molecule has 2 saturated heterocycles. The third-order valence-corrected chi connectivity index (χ3v) is 2.88. The van der Waals surface area contributed by atoms with Crippen LogP contribution in [-0.2, 0) is 19.0 Å². The van der Waals surface area contributed by atoms with Crippen LogP contribution in [0.5, 0.6) is 0 Å². The number of hydrogen-bond donors (Lipinski definition) is 3. The molecule has 4 atom stereocenters. The molecule has 0 unspecified atom stereocenters. The first kappa shape index (κ1) is 12.9. The molecule has 0 amide bonds. The molecule has 2 rings (SSSR count). The molecule has 17 heavy (non-hydrogen) atoms. The Morgan fingerprint density at radius 1 is 1.24 bits per heavy atom. The van der Waals surface area contributed by atoms with Gasteiger partial charge in [-0.3, -0.25) is 4.79 Å². The maximum atomic E-state index is 11.9. The molecule has 2 aliphatic rings. The highest BCUT2D eigenvalue weighted by Gasteiger charge is 2.60. The molecule has 0 aromatic heterocycles. The molecule has 3 N–H and O–H groups in total. The van der Waals surface area contributed by atoms with Crippen LogP contribution in [-0.4, -0.2) is 64.2 Å². The van der Waals surface area contributed by atoms with Crippen molar-refractivity contribution >= 4 is 5.78 Å². The van der Waals surface area contributed by atoms with Crippen molar-refractivity contribution in [3.05, 3.63) is 0 Å². The van der Waals surface area contributed by atoms with E-state index in [1.165, 1.54) is 0 Å². The van der Waals surface area contributed by atoms with Crippen LogP contribution in [0.4, 0.5) is 0 Å². The molecule has 0 aliphatic carbocycles. The van der Waals surface area contributed by atoms with Gasteiger partial charge in [0.15, 0.2) is 11.9 Å². The first-order chi connectivity index (χ1) is 7.83. The van der Waals surface area contributed by atoms with Crippen molar-refractivity contribution in [3.63, 3.8) is 0 Å².